The number of nitrogens with two attached hydrogens (primary N) is 1. The summed E-state index contributed by atoms with van der Waals surface area (Å²) in [5, 5.41) is 1.33. The molecular formula is C23H27Cl2N4O2. The molecule has 1 unspecified atom stereocenters. The zero-order valence-electron chi connectivity index (χ0n) is 17.5. The molecule has 8 heteroatoms. The van der Waals surface area contributed by atoms with E-state index in [1.165, 1.54) is 4.90 Å². The number of rotatable bonds is 7. The maximum Gasteiger partial charge on any atom is 0.314 e. The largest absolute Gasteiger partial charge is 0.351 e. The molecule has 1 aliphatic rings. The number of halogens is 2. The summed E-state index contributed by atoms with van der Waals surface area (Å²) in [5.74, 6) is 0.0261. The van der Waals surface area contributed by atoms with E-state index in [1.807, 2.05) is 53.4 Å². The lowest BCUT2D eigenvalue weighted by Gasteiger charge is -2.40. The summed E-state index contributed by atoms with van der Waals surface area (Å²) in [6.07, 6.45) is 2.28. The van der Waals surface area contributed by atoms with E-state index in [2.05, 4.69) is 4.90 Å². The molecule has 3 rings (SSSR count). The molecule has 2 N–H and O–H groups in total. The van der Waals surface area contributed by atoms with Gasteiger partial charge in [-0.1, -0.05) is 53.5 Å². The molecule has 2 aromatic rings. The van der Waals surface area contributed by atoms with Crippen LogP contribution in [0.2, 0.25) is 10.0 Å². The summed E-state index contributed by atoms with van der Waals surface area (Å²) in [5.41, 5.74) is 7.45. The van der Waals surface area contributed by atoms with E-state index < -0.39 is 6.03 Å². The van der Waals surface area contributed by atoms with E-state index >= 15 is 0 Å². The number of benzene rings is 2. The standard InChI is InChI=1S/C23H27Cl2N4O2/c1-27(23(26)31)16-21(19-4-2-3-5-20(19)25)28-12-14-29(15-13-28)22(30)11-8-17-6-9-18(24)10-7-17/h2-7,9-11,21H,8,12-16H2,1H3,(H2,26,31). The van der Waals surface area contributed by atoms with Crippen molar-refractivity contribution < 1.29 is 9.59 Å². The number of hydrogen-bond acceptors (Lipinski definition) is 3. The van der Waals surface area contributed by atoms with E-state index in [9.17, 15) is 9.59 Å². The summed E-state index contributed by atoms with van der Waals surface area (Å²) < 4.78 is 0. The monoisotopic (exact) mass is 461 g/mol. The number of piperazine rings is 1. The third-order valence-electron chi connectivity index (χ3n) is 5.58. The molecule has 3 amide bonds. The van der Waals surface area contributed by atoms with Crippen LogP contribution in [0.5, 0.6) is 0 Å². The zero-order valence-corrected chi connectivity index (χ0v) is 19.0. The first-order valence-corrected chi connectivity index (χ1v) is 11.0. The average molecular weight is 462 g/mol. The van der Waals surface area contributed by atoms with Crippen molar-refractivity contribution in [2.45, 2.75) is 12.5 Å². The van der Waals surface area contributed by atoms with Crippen LogP contribution in [0.3, 0.4) is 0 Å². The highest BCUT2D eigenvalue weighted by Gasteiger charge is 2.29. The van der Waals surface area contributed by atoms with Crippen molar-refractivity contribution in [2.75, 3.05) is 39.8 Å². The van der Waals surface area contributed by atoms with E-state index in [0.717, 1.165) is 11.1 Å². The Hall–Kier alpha value is -2.28. The molecule has 165 valence electrons. The van der Waals surface area contributed by atoms with Gasteiger partial charge in [0.2, 0.25) is 5.91 Å². The molecule has 0 aliphatic carbocycles. The molecule has 0 spiro atoms. The molecule has 31 heavy (non-hydrogen) atoms. The van der Waals surface area contributed by atoms with Gasteiger partial charge in [0.05, 0.1) is 12.5 Å². The lowest BCUT2D eigenvalue weighted by atomic mass is 10.0. The third-order valence-corrected chi connectivity index (χ3v) is 6.18. The molecule has 1 atom stereocenters. The van der Waals surface area contributed by atoms with Gasteiger partial charge in [0.15, 0.2) is 0 Å². The molecule has 2 aromatic carbocycles. The van der Waals surface area contributed by atoms with Crippen molar-refractivity contribution in [3.8, 4) is 0 Å². The van der Waals surface area contributed by atoms with Crippen LogP contribution in [-0.2, 0) is 11.2 Å². The quantitative estimate of drug-likeness (QED) is 0.683. The highest BCUT2D eigenvalue weighted by Crippen LogP contribution is 2.29. The second-order valence-electron chi connectivity index (χ2n) is 7.65. The van der Waals surface area contributed by atoms with Crippen LogP contribution in [0.25, 0.3) is 0 Å². The van der Waals surface area contributed by atoms with Gasteiger partial charge in [-0.3, -0.25) is 9.69 Å². The number of amides is 3. The molecule has 1 aliphatic heterocycles. The van der Waals surface area contributed by atoms with Crippen molar-refractivity contribution in [3.63, 3.8) is 0 Å². The molecule has 1 saturated heterocycles. The number of carbonyl (C=O) groups excluding carboxylic acids is 2. The predicted molar refractivity (Wildman–Crippen MR) is 124 cm³/mol. The number of hydrogen-bond donors (Lipinski definition) is 1. The second-order valence-corrected chi connectivity index (χ2v) is 8.50. The Labute approximate surface area is 193 Å². The topological polar surface area (TPSA) is 69.9 Å². The minimum Gasteiger partial charge on any atom is -0.351 e. The first kappa shape index (κ1) is 23.4. The molecule has 1 radical (unpaired) electrons. The highest BCUT2D eigenvalue weighted by molar-refractivity contribution is 6.31. The number of primary amides is 1. The maximum atomic E-state index is 12.6. The Morgan fingerprint density at radius 3 is 2.32 bits per heavy atom. The van der Waals surface area contributed by atoms with E-state index in [4.69, 9.17) is 28.9 Å². The van der Waals surface area contributed by atoms with Crippen molar-refractivity contribution >= 4 is 35.1 Å². The molecule has 6 nitrogen and oxygen atoms in total. The molecule has 1 heterocycles. The summed E-state index contributed by atoms with van der Waals surface area (Å²) in [6.45, 7) is 3.01. The Bertz CT molecular complexity index is 899. The maximum absolute atomic E-state index is 12.6. The predicted octanol–water partition coefficient (Wildman–Crippen LogP) is 3.64. The van der Waals surface area contributed by atoms with Gasteiger partial charge in [-0.15, -0.1) is 0 Å². The molecular weight excluding hydrogens is 435 g/mol. The average Bonchev–Trinajstić information content (AvgIpc) is 2.77. The Kier molecular flexibility index (Phi) is 8.18. The fourth-order valence-corrected chi connectivity index (χ4v) is 4.10. The van der Waals surface area contributed by atoms with Crippen LogP contribution < -0.4 is 5.73 Å². The number of carbonyl (C=O) groups is 2. The van der Waals surface area contributed by atoms with Crippen LogP contribution >= 0.6 is 23.2 Å². The van der Waals surface area contributed by atoms with Crippen LogP contribution in [0.15, 0.2) is 48.5 Å². The summed E-state index contributed by atoms with van der Waals surface area (Å²) in [6, 6.07) is 14.6. The van der Waals surface area contributed by atoms with Crippen molar-refractivity contribution in [2.24, 2.45) is 5.73 Å². The number of likely N-dealkylation sites (N-methyl/N-ethyl adjacent to an activating group) is 1. The van der Waals surface area contributed by atoms with Crippen molar-refractivity contribution in [1.29, 1.82) is 0 Å². The second kappa shape index (κ2) is 10.8. The first-order valence-electron chi connectivity index (χ1n) is 10.2. The van der Waals surface area contributed by atoms with Gasteiger partial charge < -0.3 is 15.5 Å². The fourth-order valence-electron chi connectivity index (χ4n) is 3.71. The van der Waals surface area contributed by atoms with Gasteiger partial charge >= 0.3 is 6.03 Å². The van der Waals surface area contributed by atoms with Crippen LogP contribution in [-0.4, -0.2) is 66.4 Å². The van der Waals surface area contributed by atoms with Gasteiger partial charge in [-0.05, 0) is 35.7 Å². The summed E-state index contributed by atoms with van der Waals surface area (Å²) >= 11 is 12.4. The van der Waals surface area contributed by atoms with Crippen LogP contribution in [0.1, 0.15) is 17.2 Å². The van der Waals surface area contributed by atoms with E-state index in [-0.39, 0.29) is 11.9 Å². The third kappa shape index (κ3) is 6.35. The van der Waals surface area contributed by atoms with E-state index in [1.54, 1.807) is 13.5 Å². The molecule has 0 aromatic heterocycles. The van der Waals surface area contributed by atoms with Crippen LogP contribution in [0, 0.1) is 6.42 Å². The van der Waals surface area contributed by atoms with Crippen molar-refractivity contribution in [1.82, 2.24) is 14.7 Å². The Morgan fingerprint density at radius 2 is 1.71 bits per heavy atom. The highest BCUT2D eigenvalue weighted by atomic mass is 35.5. The van der Waals surface area contributed by atoms with E-state index in [0.29, 0.717) is 49.2 Å². The summed E-state index contributed by atoms with van der Waals surface area (Å²) in [4.78, 5) is 29.9. The van der Waals surface area contributed by atoms with Gasteiger partial charge in [-0.2, -0.15) is 0 Å². The lowest BCUT2D eigenvalue weighted by Crippen LogP contribution is -2.52. The van der Waals surface area contributed by atoms with Crippen LogP contribution in [0.4, 0.5) is 4.79 Å². The van der Waals surface area contributed by atoms with Gasteiger partial charge in [-0.25, -0.2) is 4.79 Å². The minimum absolute atomic E-state index is 0.0261. The Balaban J connectivity index is 1.60. The minimum atomic E-state index is -0.484. The molecule has 1 fully saturated rings. The normalized spacial score (nSPS) is 15.5. The molecule has 0 saturated carbocycles. The zero-order chi connectivity index (χ0) is 22.4. The molecule has 0 bridgehead atoms. The number of nitrogens with zero attached hydrogens (tertiary/aromatic N) is 3. The lowest BCUT2D eigenvalue weighted by molar-refractivity contribution is -0.129. The number of urea groups is 1. The fraction of sp³-hybridized carbons (Fsp3) is 0.348. The smallest absolute Gasteiger partial charge is 0.314 e. The van der Waals surface area contributed by atoms with Gasteiger partial charge in [0.25, 0.3) is 0 Å². The Morgan fingerprint density at radius 1 is 1.06 bits per heavy atom. The SMILES string of the molecule is CN(CC(c1ccccc1Cl)N1CCN(C(=O)[CH]Cc2ccc(Cl)cc2)CC1)C(N)=O. The van der Waals surface area contributed by atoms with Gasteiger partial charge in [0, 0.05) is 49.8 Å². The first-order chi connectivity index (χ1) is 14.8. The van der Waals surface area contributed by atoms with Gasteiger partial charge in [0.1, 0.15) is 0 Å². The van der Waals surface area contributed by atoms with Crippen molar-refractivity contribution in [3.05, 3.63) is 76.1 Å². The summed E-state index contributed by atoms with van der Waals surface area (Å²) in [7, 11) is 1.68.